The highest BCUT2D eigenvalue weighted by Crippen LogP contribution is 2.44. The van der Waals surface area contributed by atoms with Gasteiger partial charge in [0.2, 0.25) is 0 Å². The molecule has 0 heterocycles. The number of carboxylic acid groups (broad SMARTS) is 2. The first-order chi connectivity index (χ1) is 5.34. The van der Waals surface area contributed by atoms with Gasteiger partial charge in [0.1, 0.15) is 0 Å². The molecule has 0 aromatic rings. The monoisotopic (exact) mass is 172 g/mol. The van der Waals surface area contributed by atoms with Gasteiger partial charge in [0.05, 0.1) is 23.0 Å². The van der Waals surface area contributed by atoms with Gasteiger partial charge in [-0.2, -0.15) is 0 Å². The van der Waals surface area contributed by atoms with Gasteiger partial charge in [-0.25, -0.2) is 0 Å². The Bertz CT molecular complexity index is 234. The average Bonchev–Trinajstić information content (AvgIpc) is 1.84. The summed E-state index contributed by atoms with van der Waals surface area (Å²) >= 11 is 0. The van der Waals surface area contributed by atoms with E-state index in [2.05, 4.69) is 0 Å². The molecule has 1 fully saturated rings. The minimum atomic E-state index is -2.22. The van der Waals surface area contributed by atoms with Gasteiger partial charge in [-0.1, -0.05) is 0 Å². The van der Waals surface area contributed by atoms with Crippen LogP contribution in [0.25, 0.3) is 0 Å². The van der Waals surface area contributed by atoms with Gasteiger partial charge < -0.3 is 31.3 Å². The summed E-state index contributed by atoms with van der Waals surface area (Å²) in [6.45, 7) is 0. The van der Waals surface area contributed by atoms with Gasteiger partial charge in [-0.3, -0.25) is 0 Å². The minimum absolute atomic E-state index is 0.134. The van der Waals surface area contributed by atoms with E-state index in [0.29, 0.717) is 0 Å². The van der Waals surface area contributed by atoms with Gasteiger partial charge in [-0.05, 0) is 12.8 Å². The van der Waals surface area contributed by atoms with Crippen LogP contribution in [0, 0.1) is 5.41 Å². The maximum Gasteiger partial charge on any atom is 0.0804 e. The topological polar surface area (TPSA) is 132 Å². The van der Waals surface area contributed by atoms with E-state index < -0.39 is 23.0 Å². The first-order valence-electron chi connectivity index (χ1n) is 3.35. The zero-order valence-corrected chi connectivity index (χ0v) is 6.20. The predicted molar refractivity (Wildman–Crippen MR) is 32.8 cm³/mol. The molecule has 12 heavy (non-hydrogen) atoms. The Labute approximate surface area is 68.1 Å². The van der Waals surface area contributed by atoms with Crippen molar-refractivity contribution in [3.63, 3.8) is 0 Å². The Hall–Kier alpha value is -1.14. The molecule has 1 aliphatic rings. The molecule has 0 atom stereocenters. The molecular formula is C6H8N2O4-2. The molecule has 0 amide bonds. The zero-order valence-electron chi connectivity index (χ0n) is 6.20. The zero-order chi connectivity index (χ0) is 9.57. The third-order valence-corrected chi connectivity index (χ3v) is 2.41. The summed E-state index contributed by atoms with van der Waals surface area (Å²) in [7, 11) is 0. The van der Waals surface area contributed by atoms with Gasteiger partial charge in [-0.15, -0.1) is 0 Å². The molecule has 0 aliphatic heterocycles. The Balaban J connectivity index is 3.06. The molecule has 0 aromatic carbocycles. The first-order valence-corrected chi connectivity index (χ1v) is 3.35. The Morgan fingerprint density at radius 2 is 1.50 bits per heavy atom. The summed E-state index contributed by atoms with van der Waals surface area (Å²) < 4.78 is 0. The van der Waals surface area contributed by atoms with Gasteiger partial charge in [0, 0.05) is 0 Å². The highest BCUT2D eigenvalue weighted by Gasteiger charge is 2.57. The largest absolute Gasteiger partial charge is 0.549 e. The van der Waals surface area contributed by atoms with E-state index in [4.69, 9.17) is 11.5 Å². The summed E-state index contributed by atoms with van der Waals surface area (Å²) in [5.41, 5.74) is 6.52. The molecule has 68 valence electrons. The number of carbonyl (C=O) groups is 2. The van der Waals surface area contributed by atoms with Crippen LogP contribution in [0.15, 0.2) is 0 Å². The molecule has 0 saturated heterocycles. The van der Waals surface area contributed by atoms with Crippen LogP contribution in [0.4, 0.5) is 0 Å². The van der Waals surface area contributed by atoms with E-state index in [1.807, 2.05) is 0 Å². The van der Waals surface area contributed by atoms with Crippen molar-refractivity contribution in [3.05, 3.63) is 0 Å². The van der Waals surface area contributed by atoms with E-state index >= 15 is 0 Å². The maximum atomic E-state index is 10.5. The number of rotatable bonds is 2. The lowest BCUT2D eigenvalue weighted by atomic mass is 9.60. The molecule has 0 bridgehead atoms. The summed E-state index contributed by atoms with van der Waals surface area (Å²) in [5, 5.41) is 20.9. The molecule has 0 radical (unpaired) electrons. The van der Waals surface area contributed by atoms with Gasteiger partial charge in [0.25, 0.3) is 0 Å². The van der Waals surface area contributed by atoms with E-state index in [1.54, 1.807) is 0 Å². The average molecular weight is 172 g/mol. The molecular weight excluding hydrogens is 164 g/mol. The van der Waals surface area contributed by atoms with Crippen molar-refractivity contribution < 1.29 is 19.8 Å². The van der Waals surface area contributed by atoms with Crippen molar-refractivity contribution in [1.82, 2.24) is 0 Å². The fourth-order valence-corrected chi connectivity index (χ4v) is 1.33. The van der Waals surface area contributed by atoms with Crippen molar-refractivity contribution in [3.8, 4) is 0 Å². The molecule has 0 spiro atoms. The maximum absolute atomic E-state index is 10.5. The lowest BCUT2D eigenvalue weighted by molar-refractivity contribution is -0.355. The van der Waals surface area contributed by atoms with E-state index in [-0.39, 0.29) is 12.8 Å². The van der Waals surface area contributed by atoms with Gasteiger partial charge in [0.15, 0.2) is 0 Å². The predicted octanol–water partition coefficient (Wildman–Crippen LogP) is -4.12. The molecule has 6 heteroatoms. The highest BCUT2D eigenvalue weighted by molar-refractivity contribution is 5.99. The molecule has 4 N–H and O–H groups in total. The van der Waals surface area contributed by atoms with Crippen LogP contribution >= 0.6 is 0 Å². The van der Waals surface area contributed by atoms with Gasteiger partial charge >= 0.3 is 0 Å². The third-order valence-electron chi connectivity index (χ3n) is 2.41. The number of carboxylic acids is 2. The number of hydrogen-bond donors (Lipinski definition) is 2. The van der Waals surface area contributed by atoms with Crippen molar-refractivity contribution in [2.75, 3.05) is 0 Å². The number of nitrogens with two attached hydrogens (primary N) is 2. The number of hydrogen-bond acceptors (Lipinski definition) is 6. The summed E-state index contributed by atoms with van der Waals surface area (Å²) in [6, 6.07) is 0. The fraction of sp³-hybridized carbons (Fsp3) is 0.667. The van der Waals surface area contributed by atoms with Crippen LogP contribution in [0.3, 0.4) is 0 Å². The number of carbonyl (C=O) groups excluding carboxylic acids is 2. The first kappa shape index (κ1) is 8.95. The lowest BCUT2D eigenvalue weighted by Crippen LogP contribution is -2.79. The molecule has 1 saturated carbocycles. The smallest absolute Gasteiger partial charge is 0.0804 e. The second-order valence-electron chi connectivity index (χ2n) is 3.02. The van der Waals surface area contributed by atoms with E-state index in [1.165, 1.54) is 0 Å². The lowest BCUT2D eigenvalue weighted by Gasteiger charge is -2.56. The van der Waals surface area contributed by atoms with Crippen LogP contribution in [0.5, 0.6) is 0 Å². The minimum Gasteiger partial charge on any atom is -0.549 e. The summed E-state index contributed by atoms with van der Waals surface area (Å²) in [4.78, 5) is 20.9. The normalized spacial score (nSPS) is 24.2. The van der Waals surface area contributed by atoms with Crippen LogP contribution < -0.4 is 21.7 Å². The summed E-state index contributed by atoms with van der Waals surface area (Å²) in [5.74, 6) is -3.56. The van der Waals surface area contributed by atoms with Crippen molar-refractivity contribution >= 4 is 11.9 Å². The third kappa shape index (κ3) is 0.759. The van der Waals surface area contributed by atoms with Crippen molar-refractivity contribution in [2.24, 2.45) is 16.9 Å². The van der Waals surface area contributed by atoms with Crippen molar-refractivity contribution in [2.45, 2.75) is 18.5 Å². The molecule has 0 unspecified atom stereocenters. The van der Waals surface area contributed by atoms with Crippen LogP contribution in [-0.4, -0.2) is 17.6 Å². The van der Waals surface area contributed by atoms with E-state index in [9.17, 15) is 19.8 Å². The quantitative estimate of drug-likeness (QED) is 0.321. The molecule has 1 rings (SSSR count). The van der Waals surface area contributed by atoms with Crippen LogP contribution in [0.1, 0.15) is 12.8 Å². The summed E-state index contributed by atoms with van der Waals surface area (Å²) in [6.07, 6.45) is -0.000370. The SMILES string of the molecule is NC1(N)CCC1(C(=O)[O-])C(=O)[O-]. The van der Waals surface area contributed by atoms with E-state index in [0.717, 1.165) is 0 Å². The molecule has 1 aliphatic carbocycles. The molecule has 6 nitrogen and oxygen atoms in total. The second kappa shape index (κ2) is 2.18. The standard InChI is InChI=1S/C6H10N2O4/c7-6(8)2-1-5(6,3(9)10)4(11)12/h1-2,7-8H2,(H,9,10)(H,11,12)/p-2. The fourth-order valence-electron chi connectivity index (χ4n) is 1.33. The Kier molecular flexibility index (Phi) is 1.62. The second-order valence-corrected chi connectivity index (χ2v) is 3.02. The van der Waals surface area contributed by atoms with Crippen LogP contribution in [-0.2, 0) is 9.59 Å². The Morgan fingerprint density at radius 3 is 1.50 bits per heavy atom. The van der Waals surface area contributed by atoms with Crippen LogP contribution in [0.2, 0.25) is 0 Å². The Morgan fingerprint density at radius 1 is 1.08 bits per heavy atom. The van der Waals surface area contributed by atoms with Crippen molar-refractivity contribution in [1.29, 1.82) is 0 Å². The number of aliphatic carboxylic acids is 2. The molecule has 0 aromatic heterocycles. The highest BCUT2D eigenvalue weighted by atomic mass is 16.4.